The van der Waals surface area contributed by atoms with Gasteiger partial charge in [0.1, 0.15) is 41.9 Å². The Hall–Kier alpha value is -2.60. The van der Waals surface area contributed by atoms with Crippen LogP contribution in [0.15, 0.2) is 36.4 Å². The fourth-order valence-electron chi connectivity index (χ4n) is 6.48. The van der Waals surface area contributed by atoms with E-state index in [9.17, 15) is 40.9 Å². The van der Waals surface area contributed by atoms with E-state index in [1.54, 1.807) is 19.2 Å². The summed E-state index contributed by atoms with van der Waals surface area (Å²) in [6.07, 6.45) is -10.1. The summed E-state index contributed by atoms with van der Waals surface area (Å²) in [5.41, 5.74) is 0.668. The minimum Gasteiger partial charge on any atom is -0.504 e. The maximum Gasteiger partial charge on any atom is 0.187 e. The highest BCUT2D eigenvalue weighted by atomic mass is 16.8. The van der Waals surface area contributed by atoms with Crippen LogP contribution in [-0.2, 0) is 25.4 Å². The Bertz CT molecular complexity index is 1290. The van der Waals surface area contributed by atoms with Gasteiger partial charge in [-0.15, -0.1) is 0 Å². The Labute approximate surface area is 259 Å². The molecule has 2 aliphatic heterocycles. The molecule has 250 valence electrons. The quantitative estimate of drug-likeness (QED) is 0.142. The molecule has 2 aromatic carbocycles. The molecule has 45 heavy (non-hydrogen) atoms. The molecule has 11 atom stereocenters. The largest absolute Gasteiger partial charge is 0.504 e. The zero-order chi connectivity index (χ0) is 32.5. The monoisotopic (exact) mass is 638 g/mol. The zero-order valence-electron chi connectivity index (χ0n) is 25.0. The minimum atomic E-state index is -2.00. The van der Waals surface area contributed by atoms with Crippen molar-refractivity contribution in [3.8, 4) is 17.2 Å². The molecule has 0 radical (unpaired) electrons. The Balaban J connectivity index is 1.46. The maximum absolute atomic E-state index is 11.0. The zero-order valence-corrected chi connectivity index (χ0v) is 25.0. The Morgan fingerprint density at radius 2 is 1.71 bits per heavy atom. The second-order valence-electron chi connectivity index (χ2n) is 11.8. The molecule has 5 rings (SSSR count). The van der Waals surface area contributed by atoms with E-state index >= 15 is 0 Å². The van der Waals surface area contributed by atoms with E-state index in [1.165, 1.54) is 13.2 Å². The molecular formula is C31H42O14. The van der Waals surface area contributed by atoms with Crippen molar-refractivity contribution in [3.05, 3.63) is 53.1 Å². The number of benzene rings is 2. The van der Waals surface area contributed by atoms with Crippen LogP contribution in [0.4, 0.5) is 0 Å². The molecule has 1 aliphatic carbocycles. The van der Waals surface area contributed by atoms with E-state index in [0.29, 0.717) is 12.2 Å². The summed E-state index contributed by atoms with van der Waals surface area (Å²) >= 11 is 0. The predicted octanol–water partition coefficient (Wildman–Crippen LogP) is -1.40. The van der Waals surface area contributed by atoms with Crippen molar-refractivity contribution in [1.29, 1.82) is 0 Å². The SMILES string of the molecule is COc1ccc2c(c1)C[C@H](CO)[C@@H](CO[C@@H]1O[C@H](CO)[C@@H](O)[C@H](O)[C@H]1O[C@@H]1OC[C@](O)(CO)[C@H]1O)[C@@H]2c1ccc(O)c(OC)c1. The van der Waals surface area contributed by atoms with Crippen molar-refractivity contribution in [2.45, 2.75) is 61.0 Å². The van der Waals surface area contributed by atoms with Gasteiger partial charge < -0.3 is 69.3 Å². The fourth-order valence-corrected chi connectivity index (χ4v) is 6.48. The van der Waals surface area contributed by atoms with Gasteiger partial charge in [-0.2, -0.15) is 0 Å². The third-order valence-electron chi connectivity index (χ3n) is 9.15. The summed E-state index contributed by atoms with van der Waals surface area (Å²) in [5.74, 6) is -0.234. The van der Waals surface area contributed by atoms with Gasteiger partial charge in [-0.25, -0.2) is 0 Å². The number of hydrogen-bond donors (Lipinski definition) is 8. The van der Waals surface area contributed by atoms with Gasteiger partial charge in [0, 0.05) is 12.5 Å². The number of aliphatic hydroxyl groups is 7. The third-order valence-corrected chi connectivity index (χ3v) is 9.15. The Morgan fingerprint density at radius 1 is 0.933 bits per heavy atom. The van der Waals surface area contributed by atoms with Crippen LogP contribution in [0.2, 0.25) is 0 Å². The lowest BCUT2D eigenvalue weighted by atomic mass is 9.67. The summed E-state index contributed by atoms with van der Waals surface area (Å²) < 4.78 is 34.0. The number of aromatic hydroxyl groups is 1. The number of methoxy groups -OCH3 is 2. The van der Waals surface area contributed by atoms with Crippen LogP contribution in [0.25, 0.3) is 0 Å². The standard InChI is InChI=1S/C31H42O14/c1-40-18-4-5-19-16(8-18)7-17(10-32)20(24(19)15-3-6-21(35)22(9-15)41-2)12-42-29-27(26(37)25(36)23(11-33)44-29)45-30-28(38)31(39,13-34)14-43-30/h3-6,8-9,17,20,23-30,32-39H,7,10-14H2,1-2H3/t17-,20-,23-,24-,25-,26+,27-,28+,29-,30+,31-/m1/s1. The normalized spacial score (nSPS) is 36.5. The number of phenolic OH excluding ortho intramolecular Hbond substituents is 1. The molecule has 3 aliphatic rings. The summed E-state index contributed by atoms with van der Waals surface area (Å²) in [7, 11) is 3.01. The highest BCUT2D eigenvalue weighted by Gasteiger charge is 2.53. The first-order valence-electron chi connectivity index (χ1n) is 14.8. The van der Waals surface area contributed by atoms with Crippen LogP contribution in [-0.4, -0.2) is 137 Å². The van der Waals surface area contributed by atoms with Gasteiger partial charge in [0.05, 0.1) is 40.6 Å². The summed E-state index contributed by atoms with van der Waals surface area (Å²) in [5, 5.41) is 82.7. The number of fused-ring (bicyclic) bond motifs is 1. The van der Waals surface area contributed by atoms with Crippen molar-refractivity contribution in [3.63, 3.8) is 0 Å². The molecule has 0 spiro atoms. The second-order valence-corrected chi connectivity index (χ2v) is 11.8. The van der Waals surface area contributed by atoms with Gasteiger partial charge in [0.15, 0.2) is 24.1 Å². The average Bonchev–Trinajstić information content (AvgIpc) is 3.34. The van der Waals surface area contributed by atoms with E-state index in [1.807, 2.05) is 18.2 Å². The van der Waals surface area contributed by atoms with Crippen molar-refractivity contribution in [1.82, 2.24) is 0 Å². The molecule has 0 aromatic heterocycles. The van der Waals surface area contributed by atoms with Gasteiger partial charge in [0.25, 0.3) is 0 Å². The van der Waals surface area contributed by atoms with Crippen molar-refractivity contribution >= 4 is 0 Å². The number of ether oxygens (including phenoxy) is 6. The fraction of sp³-hybridized carbons (Fsp3) is 0.613. The summed E-state index contributed by atoms with van der Waals surface area (Å²) in [4.78, 5) is 0. The molecule has 0 amide bonds. The average molecular weight is 639 g/mol. The summed E-state index contributed by atoms with van der Waals surface area (Å²) in [6.45, 7) is -2.18. The second kappa shape index (κ2) is 14.0. The van der Waals surface area contributed by atoms with Crippen LogP contribution in [0, 0.1) is 11.8 Å². The lowest BCUT2D eigenvalue weighted by molar-refractivity contribution is -0.338. The first kappa shape index (κ1) is 33.8. The van der Waals surface area contributed by atoms with Gasteiger partial charge in [-0.1, -0.05) is 12.1 Å². The van der Waals surface area contributed by atoms with Crippen LogP contribution in [0.3, 0.4) is 0 Å². The van der Waals surface area contributed by atoms with Crippen LogP contribution in [0.1, 0.15) is 22.6 Å². The smallest absolute Gasteiger partial charge is 0.187 e. The minimum absolute atomic E-state index is 0.0406. The highest BCUT2D eigenvalue weighted by Crippen LogP contribution is 2.47. The number of phenols is 1. The number of rotatable bonds is 11. The Kier molecular flexibility index (Phi) is 10.5. The van der Waals surface area contributed by atoms with Crippen LogP contribution >= 0.6 is 0 Å². The molecular weight excluding hydrogens is 596 g/mol. The van der Waals surface area contributed by atoms with Gasteiger partial charge >= 0.3 is 0 Å². The highest BCUT2D eigenvalue weighted by molar-refractivity contribution is 5.49. The van der Waals surface area contributed by atoms with Gasteiger partial charge in [-0.3, -0.25) is 0 Å². The lowest BCUT2D eigenvalue weighted by Crippen LogP contribution is -2.61. The molecule has 14 heteroatoms. The van der Waals surface area contributed by atoms with Crippen molar-refractivity contribution < 1.29 is 69.3 Å². The third kappa shape index (κ3) is 6.50. The van der Waals surface area contributed by atoms with E-state index in [2.05, 4.69) is 0 Å². The van der Waals surface area contributed by atoms with E-state index in [4.69, 9.17) is 28.4 Å². The topological polar surface area (TPSA) is 217 Å². The Morgan fingerprint density at radius 3 is 2.36 bits per heavy atom. The van der Waals surface area contributed by atoms with Crippen LogP contribution < -0.4 is 9.47 Å². The molecule has 8 N–H and O–H groups in total. The van der Waals surface area contributed by atoms with Gasteiger partial charge in [-0.05, 0) is 59.2 Å². The predicted molar refractivity (Wildman–Crippen MR) is 154 cm³/mol. The molecule has 2 fully saturated rings. The molecule has 2 heterocycles. The molecule has 2 aromatic rings. The van der Waals surface area contributed by atoms with Crippen molar-refractivity contribution in [2.24, 2.45) is 11.8 Å². The molecule has 2 saturated heterocycles. The summed E-state index contributed by atoms with van der Waals surface area (Å²) in [6, 6.07) is 10.7. The van der Waals surface area contributed by atoms with E-state index < -0.39 is 74.4 Å². The molecule has 14 nitrogen and oxygen atoms in total. The van der Waals surface area contributed by atoms with Crippen LogP contribution in [0.5, 0.6) is 17.2 Å². The number of aliphatic hydroxyl groups excluding tert-OH is 6. The maximum atomic E-state index is 11.0. The van der Waals surface area contributed by atoms with E-state index in [-0.39, 0.29) is 36.5 Å². The first-order valence-corrected chi connectivity index (χ1v) is 14.8. The molecule has 0 unspecified atom stereocenters. The molecule has 0 saturated carbocycles. The lowest BCUT2D eigenvalue weighted by Gasteiger charge is -2.44. The first-order chi connectivity index (χ1) is 21.6. The number of hydrogen-bond acceptors (Lipinski definition) is 14. The molecule has 0 bridgehead atoms. The van der Waals surface area contributed by atoms with E-state index in [0.717, 1.165) is 16.7 Å². The van der Waals surface area contributed by atoms with Crippen molar-refractivity contribution in [2.75, 3.05) is 47.3 Å². The van der Waals surface area contributed by atoms with Gasteiger partial charge in [0.2, 0.25) is 0 Å².